The highest BCUT2D eigenvalue weighted by Crippen LogP contribution is 2.12. The molecule has 0 aliphatic carbocycles. The van der Waals surface area contributed by atoms with Gasteiger partial charge in [0.05, 0.1) is 31.8 Å². The number of unbranched alkanes of at least 4 members (excludes halogenated alkanes) is 6. The van der Waals surface area contributed by atoms with Gasteiger partial charge in [-0.25, -0.2) is 0 Å². The Morgan fingerprint density at radius 3 is 0.762 bits per heavy atom. The van der Waals surface area contributed by atoms with Crippen LogP contribution in [0.2, 0.25) is 0 Å². The Balaban J connectivity index is -0.000000230. The molecule has 0 spiro atoms. The number of hydrogen-bond donors (Lipinski definition) is 7. The molecule has 0 aromatic carbocycles. The second-order valence-corrected chi connectivity index (χ2v) is 12.3. The van der Waals surface area contributed by atoms with Gasteiger partial charge in [-0.3, -0.25) is 14.4 Å². The van der Waals surface area contributed by atoms with Crippen LogP contribution in [0, 0.1) is 23.2 Å². The lowest BCUT2D eigenvalue weighted by atomic mass is 9.93. The van der Waals surface area contributed by atoms with Crippen molar-refractivity contribution in [1.29, 1.82) is 0 Å². The standard InChI is InChI=1S/3C9H18O2.C5H12O4/c3*1-8(2)6-4-3-5-7-9(10)11;6-1-5(2-7,3-8)4-9/h3*8H,3-7H2,1-2H3,(H,10,11);6-9H,1-4H2. The fraction of sp³-hybridized carbons (Fsp3) is 0.906. The van der Waals surface area contributed by atoms with Crippen molar-refractivity contribution < 1.29 is 50.1 Å². The first-order chi connectivity index (χ1) is 19.6. The molecule has 0 atom stereocenters. The molecular weight excluding hydrogens is 544 g/mol. The zero-order valence-electron chi connectivity index (χ0n) is 27.5. The van der Waals surface area contributed by atoms with Crippen LogP contribution in [-0.2, 0) is 14.4 Å². The van der Waals surface area contributed by atoms with Crippen LogP contribution in [0.1, 0.15) is 138 Å². The van der Waals surface area contributed by atoms with Crippen LogP contribution in [0.3, 0.4) is 0 Å². The van der Waals surface area contributed by atoms with Gasteiger partial charge in [-0.1, -0.05) is 99.3 Å². The third-order valence-corrected chi connectivity index (χ3v) is 6.36. The number of carboxylic acid groups (broad SMARTS) is 3. The molecule has 0 radical (unpaired) electrons. The normalized spacial score (nSPS) is 10.8. The van der Waals surface area contributed by atoms with E-state index in [9.17, 15) is 14.4 Å². The molecule has 0 aliphatic rings. The van der Waals surface area contributed by atoms with Crippen molar-refractivity contribution >= 4 is 17.9 Å². The summed E-state index contributed by atoms with van der Waals surface area (Å²) in [6.07, 6.45) is 13.9. The lowest BCUT2D eigenvalue weighted by molar-refractivity contribution is -0.138. The van der Waals surface area contributed by atoms with Crippen LogP contribution in [0.5, 0.6) is 0 Å². The van der Waals surface area contributed by atoms with Crippen molar-refractivity contribution in [3.05, 3.63) is 0 Å². The minimum Gasteiger partial charge on any atom is -0.481 e. The first-order valence-electron chi connectivity index (χ1n) is 15.7. The maximum Gasteiger partial charge on any atom is 0.303 e. The smallest absolute Gasteiger partial charge is 0.303 e. The van der Waals surface area contributed by atoms with E-state index in [1.165, 1.54) is 38.5 Å². The van der Waals surface area contributed by atoms with Crippen molar-refractivity contribution in [3.8, 4) is 0 Å². The highest BCUT2D eigenvalue weighted by atomic mass is 16.4. The lowest BCUT2D eigenvalue weighted by Crippen LogP contribution is -2.37. The number of carboxylic acids is 3. The van der Waals surface area contributed by atoms with Gasteiger partial charge in [-0.2, -0.15) is 0 Å². The molecule has 0 rings (SSSR count). The van der Waals surface area contributed by atoms with Crippen molar-refractivity contribution in [1.82, 2.24) is 0 Å². The summed E-state index contributed by atoms with van der Waals surface area (Å²) in [6.45, 7) is 11.5. The van der Waals surface area contributed by atoms with Gasteiger partial charge < -0.3 is 35.7 Å². The first-order valence-corrected chi connectivity index (χ1v) is 15.7. The lowest BCUT2D eigenvalue weighted by Gasteiger charge is -2.23. The largest absolute Gasteiger partial charge is 0.481 e. The van der Waals surface area contributed by atoms with E-state index < -0.39 is 49.8 Å². The molecule has 0 amide bonds. The van der Waals surface area contributed by atoms with Gasteiger partial charge in [0.1, 0.15) is 0 Å². The summed E-state index contributed by atoms with van der Waals surface area (Å²) in [5.41, 5.74) is -1.11. The zero-order valence-corrected chi connectivity index (χ0v) is 27.5. The molecule has 0 fully saturated rings. The molecule has 0 aromatic heterocycles. The van der Waals surface area contributed by atoms with Gasteiger partial charge in [0.15, 0.2) is 0 Å². The van der Waals surface area contributed by atoms with Gasteiger partial charge in [-0.05, 0) is 37.0 Å². The van der Waals surface area contributed by atoms with E-state index in [1.54, 1.807) is 0 Å². The quantitative estimate of drug-likeness (QED) is 0.0718. The van der Waals surface area contributed by atoms with Crippen LogP contribution in [0.15, 0.2) is 0 Å². The molecular formula is C32H66O10. The second-order valence-electron chi connectivity index (χ2n) is 12.3. The fourth-order valence-corrected chi connectivity index (χ4v) is 3.32. The average molecular weight is 611 g/mol. The van der Waals surface area contributed by atoms with Gasteiger partial charge in [0, 0.05) is 19.3 Å². The summed E-state index contributed by atoms with van der Waals surface area (Å²) in [5, 5.41) is 59.0. The first kappa shape index (κ1) is 47.2. The van der Waals surface area contributed by atoms with Crippen LogP contribution in [-0.4, -0.2) is 80.1 Å². The Hall–Kier alpha value is -1.75. The number of aliphatic hydroxyl groups excluding tert-OH is 4. The van der Waals surface area contributed by atoms with Crippen molar-refractivity contribution in [2.75, 3.05) is 26.4 Å². The molecule has 7 N–H and O–H groups in total. The van der Waals surface area contributed by atoms with Gasteiger partial charge in [-0.15, -0.1) is 0 Å². The maximum absolute atomic E-state index is 10.1. The maximum atomic E-state index is 10.1. The number of carbonyl (C=O) groups is 3. The Labute approximate surface area is 255 Å². The molecule has 0 bridgehead atoms. The van der Waals surface area contributed by atoms with E-state index in [0.717, 1.165) is 56.3 Å². The summed E-state index contributed by atoms with van der Waals surface area (Å²) in [4.78, 5) is 30.3. The highest BCUT2D eigenvalue weighted by molar-refractivity contribution is 5.67. The molecule has 0 aromatic rings. The van der Waals surface area contributed by atoms with Gasteiger partial charge >= 0.3 is 17.9 Å². The summed E-state index contributed by atoms with van der Waals surface area (Å²) in [7, 11) is 0. The SMILES string of the molecule is CC(C)CCCCCC(=O)O.CC(C)CCCCCC(=O)O.CC(C)CCCCCC(=O)O.OCC(CO)(CO)CO. The third kappa shape index (κ3) is 45.2. The highest BCUT2D eigenvalue weighted by Gasteiger charge is 2.26. The van der Waals surface area contributed by atoms with E-state index in [1.807, 2.05) is 0 Å². The molecule has 0 saturated heterocycles. The summed E-state index contributed by atoms with van der Waals surface area (Å²) >= 11 is 0. The van der Waals surface area contributed by atoms with Crippen molar-refractivity contribution in [2.24, 2.45) is 23.2 Å². The Kier molecular flexibility index (Phi) is 37.9. The molecule has 0 aliphatic heterocycles. The molecule has 0 saturated carbocycles. The minimum absolute atomic E-state index is 0.331. The summed E-state index contributed by atoms with van der Waals surface area (Å²) in [5.74, 6) is 0.234. The second kappa shape index (κ2) is 33.7. The molecule has 10 nitrogen and oxygen atoms in total. The van der Waals surface area contributed by atoms with Crippen LogP contribution < -0.4 is 0 Å². The predicted molar refractivity (Wildman–Crippen MR) is 167 cm³/mol. The molecule has 0 heterocycles. The topological polar surface area (TPSA) is 193 Å². The number of hydrogen-bond acceptors (Lipinski definition) is 7. The van der Waals surface area contributed by atoms with Gasteiger partial charge in [0.2, 0.25) is 0 Å². The van der Waals surface area contributed by atoms with Crippen LogP contribution in [0.4, 0.5) is 0 Å². The Morgan fingerprint density at radius 1 is 0.429 bits per heavy atom. The van der Waals surface area contributed by atoms with Crippen LogP contribution in [0.25, 0.3) is 0 Å². The van der Waals surface area contributed by atoms with E-state index >= 15 is 0 Å². The van der Waals surface area contributed by atoms with Crippen molar-refractivity contribution in [3.63, 3.8) is 0 Å². The summed E-state index contributed by atoms with van der Waals surface area (Å²) < 4.78 is 0. The van der Waals surface area contributed by atoms with E-state index in [0.29, 0.717) is 19.3 Å². The Morgan fingerprint density at radius 2 is 0.643 bits per heavy atom. The monoisotopic (exact) mass is 610 g/mol. The molecule has 42 heavy (non-hydrogen) atoms. The molecule has 10 heteroatoms. The number of rotatable bonds is 22. The number of aliphatic hydroxyl groups is 4. The van der Waals surface area contributed by atoms with E-state index in [-0.39, 0.29) is 0 Å². The Bertz CT molecular complexity index is 518. The predicted octanol–water partition coefficient (Wildman–Crippen LogP) is 5.97. The average Bonchev–Trinajstić information content (AvgIpc) is 2.90. The zero-order chi connectivity index (χ0) is 33.4. The minimum atomic E-state index is -1.11. The van der Waals surface area contributed by atoms with Gasteiger partial charge in [0.25, 0.3) is 0 Å². The third-order valence-electron chi connectivity index (χ3n) is 6.36. The van der Waals surface area contributed by atoms with E-state index in [4.69, 9.17) is 35.7 Å². The van der Waals surface area contributed by atoms with Crippen LogP contribution >= 0.6 is 0 Å². The number of aliphatic carboxylic acids is 3. The van der Waals surface area contributed by atoms with Crippen molar-refractivity contribution in [2.45, 2.75) is 138 Å². The molecule has 254 valence electrons. The van der Waals surface area contributed by atoms with E-state index in [2.05, 4.69) is 41.5 Å². The molecule has 0 unspecified atom stereocenters. The fourth-order valence-electron chi connectivity index (χ4n) is 3.32. The summed E-state index contributed by atoms with van der Waals surface area (Å²) in [6, 6.07) is 0.